The number of thioether (sulfide) groups is 2. The SMILES string of the molecule is C[C@@H](O)CCC[C@H](O)C=C[C@@H]1[C@@H](SCCCSCC(=O)O)[C@H](Cl)C[C@H]1O. The molecule has 152 valence electrons. The van der Waals surface area contributed by atoms with Gasteiger partial charge in [-0.3, -0.25) is 4.79 Å². The van der Waals surface area contributed by atoms with Gasteiger partial charge in [-0.1, -0.05) is 12.2 Å². The Morgan fingerprint density at radius 1 is 1.27 bits per heavy atom. The quantitative estimate of drug-likeness (QED) is 0.204. The normalized spacial score (nSPS) is 28.5. The molecule has 4 N–H and O–H groups in total. The predicted octanol–water partition coefficient (Wildman–Crippen LogP) is 2.75. The van der Waals surface area contributed by atoms with E-state index in [1.165, 1.54) is 11.8 Å². The smallest absolute Gasteiger partial charge is 0.313 e. The lowest BCUT2D eigenvalue weighted by atomic mass is 10.0. The van der Waals surface area contributed by atoms with Crippen LogP contribution in [0.25, 0.3) is 0 Å². The molecular weight excluding hydrogens is 396 g/mol. The lowest BCUT2D eigenvalue weighted by Crippen LogP contribution is -2.22. The van der Waals surface area contributed by atoms with Crippen LogP contribution >= 0.6 is 35.1 Å². The van der Waals surface area contributed by atoms with Crippen molar-refractivity contribution in [3.8, 4) is 0 Å². The zero-order chi connectivity index (χ0) is 19.5. The van der Waals surface area contributed by atoms with E-state index in [0.29, 0.717) is 19.3 Å². The molecular formula is C18H31ClO5S2. The maximum atomic E-state index is 10.5. The zero-order valence-corrected chi connectivity index (χ0v) is 17.6. The summed E-state index contributed by atoms with van der Waals surface area (Å²) in [6, 6.07) is 0. The first kappa shape index (κ1) is 24.1. The fraction of sp³-hybridized carbons (Fsp3) is 0.833. The van der Waals surface area contributed by atoms with E-state index in [2.05, 4.69) is 0 Å². The Morgan fingerprint density at radius 3 is 2.65 bits per heavy atom. The van der Waals surface area contributed by atoms with Gasteiger partial charge in [-0.15, -0.1) is 11.6 Å². The third-order valence-corrected chi connectivity index (χ3v) is 7.47. The molecule has 1 aliphatic carbocycles. The summed E-state index contributed by atoms with van der Waals surface area (Å²) in [5.41, 5.74) is 0. The second-order valence-corrected chi connectivity index (χ2v) is 9.72. The number of rotatable bonds is 13. The van der Waals surface area contributed by atoms with Crippen molar-refractivity contribution in [3.05, 3.63) is 12.2 Å². The molecule has 1 aliphatic rings. The Bertz CT molecular complexity index is 436. The minimum Gasteiger partial charge on any atom is -0.481 e. The summed E-state index contributed by atoms with van der Waals surface area (Å²) < 4.78 is 0. The van der Waals surface area contributed by atoms with E-state index in [1.807, 2.05) is 6.08 Å². The fourth-order valence-electron chi connectivity index (χ4n) is 2.95. The summed E-state index contributed by atoms with van der Waals surface area (Å²) in [7, 11) is 0. The highest BCUT2D eigenvalue weighted by atomic mass is 35.5. The fourth-order valence-corrected chi connectivity index (χ4v) is 5.77. The Kier molecular flexibility index (Phi) is 12.3. The molecule has 0 radical (unpaired) electrons. The molecule has 0 spiro atoms. The van der Waals surface area contributed by atoms with Crippen molar-refractivity contribution in [1.82, 2.24) is 0 Å². The summed E-state index contributed by atoms with van der Waals surface area (Å²) in [6.07, 6.45) is 5.64. The molecule has 0 heterocycles. The minimum absolute atomic E-state index is 0.0828. The van der Waals surface area contributed by atoms with Crippen LogP contribution in [0.3, 0.4) is 0 Å². The number of aliphatic carboxylic acids is 1. The van der Waals surface area contributed by atoms with Gasteiger partial charge >= 0.3 is 5.97 Å². The van der Waals surface area contributed by atoms with Gasteiger partial charge in [0.25, 0.3) is 0 Å². The molecule has 1 saturated carbocycles. The number of carbonyl (C=O) groups is 1. The number of halogens is 1. The molecule has 0 aromatic carbocycles. The number of hydrogen-bond acceptors (Lipinski definition) is 6. The first-order valence-corrected chi connectivity index (χ1v) is 11.7. The van der Waals surface area contributed by atoms with Crippen molar-refractivity contribution < 1.29 is 25.2 Å². The molecule has 0 bridgehead atoms. The molecule has 0 aromatic rings. The molecule has 0 saturated heterocycles. The van der Waals surface area contributed by atoms with E-state index >= 15 is 0 Å². The lowest BCUT2D eigenvalue weighted by molar-refractivity contribution is -0.133. The summed E-state index contributed by atoms with van der Waals surface area (Å²) in [6.45, 7) is 1.74. The van der Waals surface area contributed by atoms with Crippen molar-refractivity contribution in [2.45, 2.75) is 68.0 Å². The lowest BCUT2D eigenvalue weighted by Gasteiger charge is -2.20. The highest BCUT2D eigenvalue weighted by Gasteiger charge is 2.40. The van der Waals surface area contributed by atoms with E-state index in [1.54, 1.807) is 24.8 Å². The zero-order valence-electron chi connectivity index (χ0n) is 15.2. The average Bonchev–Trinajstić information content (AvgIpc) is 2.81. The molecule has 0 aliphatic heterocycles. The third kappa shape index (κ3) is 9.85. The van der Waals surface area contributed by atoms with Gasteiger partial charge in [0.05, 0.1) is 24.1 Å². The monoisotopic (exact) mass is 426 g/mol. The average molecular weight is 427 g/mol. The summed E-state index contributed by atoms with van der Waals surface area (Å²) in [4.78, 5) is 10.5. The van der Waals surface area contributed by atoms with Crippen LogP contribution < -0.4 is 0 Å². The van der Waals surface area contributed by atoms with Gasteiger partial charge < -0.3 is 20.4 Å². The van der Waals surface area contributed by atoms with Crippen molar-refractivity contribution >= 4 is 41.1 Å². The Labute approximate surface area is 169 Å². The predicted molar refractivity (Wildman–Crippen MR) is 110 cm³/mol. The largest absolute Gasteiger partial charge is 0.481 e. The van der Waals surface area contributed by atoms with E-state index in [0.717, 1.165) is 24.3 Å². The van der Waals surface area contributed by atoms with Crippen molar-refractivity contribution in [1.29, 1.82) is 0 Å². The Balaban J connectivity index is 2.38. The van der Waals surface area contributed by atoms with Gasteiger partial charge in [0, 0.05) is 16.5 Å². The van der Waals surface area contributed by atoms with Crippen molar-refractivity contribution in [3.63, 3.8) is 0 Å². The number of alkyl halides is 1. The standard InChI is InChI=1S/C18H31ClO5S2/c1-12(20)4-2-5-13(21)6-7-14-16(22)10-15(19)18(14)26-9-3-8-25-11-17(23)24/h6-7,12-16,18,20-22H,2-5,8-11H2,1H3,(H,23,24)/t12-,13+,14+,15-,16-,18-/m1/s1. The second kappa shape index (κ2) is 13.3. The summed E-state index contributed by atoms with van der Waals surface area (Å²) in [5.74, 6) is 0.919. The van der Waals surface area contributed by atoms with Crippen LogP contribution in [0.2, 0.25) is 0 Å². The molecule has 0 unspecified atom stereocenters. The first-order chi connectivity index (χ1) is 12.3. The van der Waals surface area contributed by atoms with Crippen LogP contribution in [0.4, 0.5) is 0 Å². The highest BCUT2D eigenvalue weighted by Crippen LogP contribution is 2.40. The number of aliphatic hydroxyl groups excluding tert-OH is 3. The first-order valence-electron chi connectivity index (χ1n) is 9.09. The second-order valence-electron chi connectivity index (χ2n) is 6.76. The Hall–Kier alpha value is 0.0800. The molecule has 6 atom stereocenters. The number of hydrogen-bond donors (Lipinski definition) is 4. The molecule has 1 rings (SSSR count). The molecule has 5 nitrogen and oxygen atoms in total. The van der Waals surface area contributed by atoms with Crippen LogP contribution in [-0.4, -0.2) is 72.6 Å². The highest BCUT2D eigenvalue weighted by molar-refractivity contribution is 8.00. The van der Waals surface area contributed by atoms with Gasteiger partial charge in [-0.2, -0.15) is 23.5 Å². The van der Waals surface area contributed by atoms with Crippen molar-refractivity contribution in [2.75, 3.05) is 17.3 Å². The Morgan fingerprint density at radius 2 is 2.00 bits per heavy atom. The topological polar surface area (TPSA) is 98.0 Å². The van der Waals surface area contributed by atoms with Gasteiger partial charge in [0.1, 0.15) is 0 Å². The summed E-state index contributed by atoms with van der Waals surface area (Å²) >= 11 is 9.52. The third-order valence-electron chi connectivity index (χ3n) is 4.29. The maximum absolute atomic E-state index is 10.5. The summed E-state index contributed by atoms with van der Waals surface area (Å²) in [5, 5.41) is 38.1. The van der Waals surface area contributed by atoms with Gasteiger partial charge in [0.15, 0.2) is 0 Å². The van der Waals surface area contributed by atoms with Crippen LogP contribution in [-0.2, 0) is 4.79 Å². The van der Waals surface area contributed by atoms with E-state index < -0.39 is 18.2 Å². The van der Waals surface area contributed by atoms with Crippen molar-refractivity contribution in [2.24, 2.45) is 5.92 Å². The van der Waals surface area contributed by atoms with Crippen LogP contribution in [0, 0.1) is 5.92 Å². The van der Waals surface area contributed by atoms with Crippen LogP contribution in [0.15, 0.2) is 12.2 Å². The number of aliphatic hydroxyl groups is 3. The van der Waals surface area contributed by atoms with Crippen LogP contribution in [0.5, 0.6) is 0 Å². The maximum Gasteiger partial charge on any atom is 0.313 e. The molecule has 0 aromatic heterocycles. The van der Waals surface area contributed by atoms with Gasteiger partial charge in [-0.25, -0.2) is 0 Å². The molecule has 8 heteroatoms. The molecule has 26 heavy (non-hydrogen) atoms. The van der Waals surface area contributed by atoms with Gasteiger partial charge in [0.2, 0.25) is 0 Å². The number of carboxylic acids is 1. The van der Waals surface area contributed by atoms with Crippen LogP contribution in [0.1, 0.15) is 39.0 Å². The van der Waals surface area contributed by atoms with E-state index in [4.69, 9.17) is 16.7 Å². The molecule has 1 fully saturated rings. The van der Waals surface area contributed by atoms with E-state index in [-0.39, 0.29) is 28.4 Å². The van der Waals surface area contributed by atoms with Gasteiger partial charge in [-0.05, 0) is 50.5 Å². The van der Waals surface area contributed by atoms with E-state index in [9.17, 15) is 20.1 Å². The molecule has 0 amide bonds. The minimum atomic E-state index is -0.792. The number of carboxylic acid groups (broad SMARTS) is 1.